The molecule has 0 bridgehead atoms. The van der Waals surface area contributed by atoms with Crippen LogP contribution in [-0.2, 0) is 16.0 Å². The number of hydrogen-bond donors (Lipinski definition) is 3. The van der Waals surface area contributed by atoms with Gasteiger partial charge in [-0.05, 0) is 38.0 Å². The number of H-pyrrole nitrogens is 1. The Kier molecular flexibility index (Phi) is 7.99. The highest BCUT2D eigenvalue weighted by Crippen LogP contribution is 2.30. The molecule has 0 atom stereocenters. The SMILES string of the molecule is C/C=C\C=C/C.COc1cccc2[nH]cc(CC(C(=O)O)C(=O)O)c12. The van der Waals surface area contributed by atoms with Gasteiger partial charge in [-0.15, -0.1) is 0 Å². The summed E-state index contributed by atoms with van der Waals surface area (Å²) in [6.07, 6.45) is 9.52. The molecule has 0 saturated carbocycles. The minimum atomic E-state index is -1.47. The lowest BCUT2D eigenvalue weighted by Crippen LogP contribution is -2.25. The standard InChI is InChI=1S/C13H13NO5.C6H10/c1-19-10-4-2-3-9-11(10)7(6-14-9)5-8(12(15)16)13(17)18;1-3-5-6-4-2/h2-4,6,8,14H,5H2,1H3,(H,15,16)(H,17,18);3-6H,1-2H3/b;5-3-,6-4-. The molecule has 0 unspecified atom stereocenters. The van der Waals surface area contributed by atoms with Crippen LogP contribution in [-0.4, -0.2) is 34.2 Å². The number of aromatic nitrogens is 1. The number of aliphatic carboxylic acids is 2. The van der Waals surface area contributed by atoms with Gasteiger partial charge in [-0.25, -0.2) is 0 Å². The number of carboxylic acids is 2. The van der Waals surface area contributed by atoms with Gasteiger partial charge < -0.3 is 19.9 Å². The zero-order chi connectivity index (χ0) is 18.8. The van der Waals surface area contributed by atoms with Crippen LogP contribution < -0.4 is 4.74 Å². The summed E-state index contributed by atoms with van der Waals surface area (Å²) in [5.41, 5.74) is 1.39. The van der Waals surface area contributed by atoms with Crippen LogP contribution in [0.4, 0.5) is 0 Å². The molecular formula is C19H23NO5. The smallest absolute Gasteiger partial charge is 0.318 e. The molecule has 0 saturated heterocycles. The maximum atomic E-state index is 10.9. The summed E-state index contributed by atoms with van der Waals surface area (Å²) < 4.78 is 5.21. The van der Waals surface area contributed by atoms with Gasteiger partial charge in [0.05, 0.1) is 7.11 Å². The van der Waals surface area contributed by atoms with Gasteiger partial charge in [0.2, 0.25) is 0 Å². The minimum absolute atomic E-state index is 0.0922. The predicted molar refractivity (Wildman–Crippen MR) is 96.9 cm³/mol. The molecular weight excluding hydrogens is 322 g/mol. The summed E-state index contributed by atoms with van der Waals surface area (Å²) in [6.45, 7) is 4.00. The van der Waals surface area contributed by atoms with Gasteiger partial charge >= 0.3 is 11.9 Å². The number of benzene rings is 1. The molecule has 25 heavy (non-hydrogen) atoms. The fraction of sp³-hybridized carbons (Fsp3) is 0.263. The zero-order valence-electron chi connectivity index (χ0n) is 14.5. The summed E-state index contributed by atoms with van der Waals surface area (Å²) in [7, 11) is 1.51. The molecule has 0 spiro atoms. The quantitative estimate of drug-likeness (QED) is 0.548. The highest BCUT2D eigenvalue weighted by molar-refractivity contribution is 5.95. The van der Waals surface area contributed by atoms with E-state index in [4.69, 9.17) is 14.9 Å². The van der Waals surface area contributed by atoms with Crippen molar-refractivity contribution in [2.75, 3.05) is 7.11 Å². The number of aromatic amines is 1. The normalized spacial score (nSPS) is 11.0. The average molecular weight is 345 g/mol. The Morgan fingerprint density at radius 1 is 1.16 bits per heavy atom. The van der Waals surface area contributed by atoms with Crippen molar-refractivity contribution in [2.45, 2.75) is 20.3 Å². The Hall–Kier alpha value is -3.02. The van der Waals surface area contributed by atoms with E-state index >= 15 is 0 Å². The lowest BCUT2D eigenvalue weighted by molar-refractivity contribution is -0.154. The van der Waals surface area contributed by atoms with Gasteiger partial charge in [0.15, 0.2) is 5.92 Å². The second-order valence-electron chi connectivity index (χ2n) is 5.18. The van der Waals surface area contributed by atoms with Crippen molar-refractivity contribution < 1.29 is 24.5 Å². The molecule has 0 amide bonds. The molecule has 6 nitrogen and oxygen atoms in total. The topological polar surface area (TPSA) is 99.6 Å². The Morgan fingerprint density at radius 3 is 2.24 bits per heavy atom. The van der Waals surface area contributed by atoms with Crippen LogP contribution in [0.25, 0.3) is 10.9 Å². The van der Waals surface area contributed by atoms with Gasteiger partial charge in [0, 0.05) is 17.1 Å². The largest absolute Gasteiger partial charge is 0.496 e. The average Bonchev–Trinajstić information content (AvgIpc) is 3.00. The van der Waals surface area contributed by atoms with Crippen LogP contribution in [0.2, 0.25) is 0 Å². The maximum absolute atomic E-state index is 10.9. The molecule has 0 radical (unpaired) electrons. The van der Waals surface area contributed by atoms with Crippen molar-refractivity contribution >= 4 is 22.8 Å². The van der Waals surface area contributed by atoms with E-state index in [2.05, 4.69) is 4.98 Å². The minimum Gasteiger partial charge on any atom is -0.496 e. The summed E-state index contributed by atoms with van der Waals surface area (Å²) in [5.74, 6) is -3.58. The first-order valence-corrected chi connectivity index (χ1v) is 7.78. The predicted octanol–water partition coefficient (Wildman–Crippen LogP) is 3.64. The molecule has 0 aliphatic rings. The fourth-order valence-electron chi connectivity index (χ4n) is 2.27. The van der Waals surface area contributed by atoms with Crippen molar-refractivity contribution in [3.63, 3.8) is 0 Å². The van der Waals surface area contributed by atoms with Crippen molar-refractivity contribution in [3.8, 4) is 5.75 Å². The third kappa shape index (κ3) is 5.53. The molecule has 134 valence electrons. The number of fused-ring (bicyclic) bond motifs is 1. The lowest BCUT2D eigenvalue weighted by Gasteiger charge is -2.08. The van der Waals surface area contributed by atoms with Gasteiger partial charge in [0.25, 0.3) is 0 Å². The van der Waals surface area contributed by atoms with Crippen molar-refractivity contribution in [3.05, 3.63) is 54.3 Å². The third-order valence-corrected chi connectivity index (χ3v) is 3.49. The number of ether oxygens (including phenoxy) is 1. The highest BCUT2D eigenvalue weighted by atomic mass is 16.5. The van der Waals surface area contributed by atoms with E-state index < -0.39 is 17.9 Å². The summed E-state index contributed by atoms with van der Waals surface area (Å²) in [6, 6.07) is 5.36. The van der Waals surface area contributed by atoms with Crippen molar-refractivity contribution in [1.29, 1.82) is 0 Å². The van der Waals surface area contributed by atoms with Crippen LogP contribution in [0.3, 0.4) is 0 Å². The number of rotatable bonds is 6. The van der Waals surface area contributed by atoms with E-state index in [9.17, 15) is 9.59 Å². The number of nitrogens with one attached hydrogen (secondary N) is 1. The van der Waals surface area contributed by atoms with E-state index in [1.807, 2.05) is 44.2 Å². The lowest BCUT2D eigenvalue weighted by atomic mass is 9.99. The molecule has 1 aromatic heterocycles. The van der Waals surface area contributed by atoms with E-state index in [-0.39, 0.29) is 6.42 Å². The van der Waals surface area contributed by atoms with Crippen LogP contribution in [0.15, 0.2) is 48.7 Å². The molecule has 0 aliphatic carbocycles. The molecule has 1 aromatic carbocycles. The van der Waals surface area contributed by atoms with Gasteiger partial charge in [0.1, 0.15) is 5.75 Å². The molecule has 2 aromatic rings. The number of carbonyl (C=O) groups is 2. The third-order valence-electron chi connectivity index (χ3n) is 3.49. The van der Waals surface area contributed by atoms with Crippen molar-refractivity contribution in [2.24, 2.45) is 5.92 Å². The summed E-state index contributed by atoms with van der Waals surface area (Å²) in [5, 5.41) is 18.6. The molecule has 3 N–H and O–H groups in total. The van der Waals surface area contributed by atoms with Gasteiger partial charge in [-0.3, -0.25) is 9.59 Å². The number of carboxylic acid groups (broad SMARTS) is 2. The highest BCUT2D eigenvalue weighted by Gasteiger charge is 2.27. The van der Waals surface area contributed by atoms with Crippen molar-refractivity contribution in [1.82, 2.24) is 4.98 Å². The van der Waals surface area contributed by atoms with Gasteiger partial charge in [-0.2, -0.15) is 0 Å². The second-order valence-corrected chi connectivity index (χ2v) is 5.18. The molecule has 6 heteroatoms. The Labute approximate surface area is 146 Å². The zero-order valence-corrected chi connectivity index (χ0v) is 14.5. The fourth-order valence-corrected chi connectivity index (χ4v) is 2.27. The molecule has 0 aliphatic heterocycles. The summed E-state index contributed by atoms with van der Waals surface area (Å²) in [4.78, 5) is 24.9. The van der Waals surface area contributed by atoms with Crippen LogP contribution in [0, 0.1) is 5.92 Å². The maximum Gasteiger partial charge on any atom is 0.318 e. The first-order valence-electron chi connectivity index (χ1n) is 7.78. The van der Waals surface area contributed by atoms with E-state index in [0.717, 1.165) is 10.9 Å². The molecule has 0 fully saturated rings. The monoisotopic (exact) mass is 345 g/mol. The molecule has 1 heterocycles. The Morgan fingerprint density at radius 2 is 1.76 bits per heavy atom. The number of allylic oxidation sites excluding steroid dienone is 4. The number of hydrogen-bond acceptors (Lipinski definition) is 3. The van der Waals surface area contributed by atoms with Crippen LogP contribution in [0.1, 0.15) is 19.4 Å². The first kappa shape index (κ1) is 20.0. The number of methoxy groups -OCH3 is 1. The van der Waals surface area contributed by atoms with E-state index in [1.165, 1.54) is 7.11 Å². The summed E-state index contributed by atoms with van der Waals surface area (Å²) >= 11 is 0. The Bertz CT molecular complexity index is 749. The van der Waals surface area contributed by atoms with Crippen LogP contribution >= 0.6 is 0 Å². The Balaban J connectivity index is 0.000000450. The van der Waals surface area contributed by atoms with E-state index in [1.54, 1.807) is 18.3 Å². The molecule has 2 rings (SSSR count). The first-order chi connectivity index (χ1) is 12.0. The van der Waals surface area contributed by atoms with E-state index in [0.29, 0.717) is 11.3 Å². The second kappa shape index (κ2) is 9.97. The van der Waals surface area contributed by atoms with Gasteiger partial charge in [-0.1, -0.05) is 30.4 Å². The van der Waals surface area contributed by atoms with Crippen LogP contribution in [0.5, 0.6) is 5.75 Å².